The molecule has 0 aromatic carbocycles. The van der Waals surface area contributed by atoms with Crippen LogP contribution in [0.3, 0.4) is 0 Å². The van der Waals surface area contributed by atoms with Crippen molar-refractivity contribution in [1.29, 1.82) is 0 Å². The van der Waals surface area contributed by atoms with E-state index in [1.54, 1.807) is 6.92 Å². The Bertz CT molecular complexity index is 168. The first-order valence-electron chi connectivity index (χ1n) is 3.10. The van der Waals surface area contributed by atoms with Crippen LogP contribution in [0.15, 0.2) is 0 Å². The summed E-state index contributed by atoms with van der Waals surface area (Å²) in [5.74, 6) is -3.08. The van der Waals surface area contributed by atoms with Crippen molar-refractivity contribution in [3.05, 3.63) is 0 Å². The molecule has 0 saturated heterocycles. The van der Waals surface area contributed by atoms with Gasteiger partial charge in [0.1, 0.15) is 4.83 Å². The first kappa shape index (κ1) is 10.4. The van der Waals surface area contributed by atoms with Crippen LogP contribution in [0.5, 0.6) is 0 Å². The molecule has 0 aliphatic carbocycles. The van der Waals surface area contributed by atoms with E-state index in [1.807, 2.05) is 0 Å². The number of halogens is 1. The highest BCUT2D eigenvalue weighted by Crippen LogP contribution is 2.16. The molecule has 0 saturated carbocycles. The van der Waals surface area contributed by atoms with Gasteiger partial charge in [0, 0.05) is 0 Å². The van der Waals surface area contributed by atoms with Crippen LogP contribution in [0.1, 0.15) is 13.3 Å². The Morgan fingerprint density at radius 3 is 1.91 bits per heavy atom. The van der Waals surface area contributed by atoms with Crippen LogP contribution < -0.4 is 0 Å². The molecular weight excluding hydrogens is 216 g/mol. The van der Waals surface area contributed by atoms with Crippen molar-refractivity contribution in [2.75, 3.05) is 0 Å². The van der Waals surface area contributed by atoms with Crippen molar-refractivity contribution in [2.45, 2.75) is 18.2 Å². The number of alkyl halides is 1. The average Bonchev–Trinajstić information content (AvgIpc) is 1.88. The lowest BCUT2D eigenvalue weighted by Gasteiger charge is -2.11. The Balaban J connectivity index is 4.25. The second-order valence-corrected chi connectivity index (χ2v) is 3.08. The maximum absolute atomic E-state index is 10.4. The molecule has 0 fully saturated rings. The molecule has 2 N–H and O–H groups in total. The highest BCUT2D eigenvalue weighted by atomic mass is 79.9. The third-order valence-electron chi connectivity index (χ3n) is 1.35. The van der Waals surface area contributed by atoms with E-state index >= 15 is 0 Å². The minimum absolute atomic E-state index is 0.303. The predicted octanol–water partition coefficient (Wildman–Crippen LogP) is 0.945. The van der Waals surface area contributed by atoms with Crippen LogP contribution in [0.25, 0.3) is 0 Å². The van der Waals surface area contributed by atoms with Crippen molar-refractivity contribution >= 4 is 27.9 Å². The Hall–Kier alpha value is -0.580. The molecule has 0 radical (unpaired) electrons. The average molecular weight is 225 g/mol. The van der Waals surface area contributed by atoms with E-state index < -0.39 is 22.7 Å². The van der Waals surface area contributed by atoms with Gasteiger partial charge in [-0.3, -0.25) is 9.59 Å². The zero-order chi connectivity index (χ0) is 9.02. The summed E-state index contributed by atoms with van der Waals surface area (Å²) in [5, 5.41) is 16.9. The molecule has 4 nitrogen and oxygen atoms in total. The zero-order valence-electron chi connectivity index (χ0n) is 5.95. The van der Waals surface area contributed by atoms with Gasteiger partial charge < -0.3 is 10.2 Å². The van der Waals surface area contributed by atoms with Crippen LogP contribution >= 0.6 is 15.9 Å². The minimum Gasteiger partial charge on any atom is -0.481 e. The van der Waals surface area contributed by atoms with Crippen LogP contribution in [0, 0.1) is 5.92 Å². The second kappa shape index (κ2) is 4.33. The van der Waals surface area contributed by atoms with Gasteiger partial charge in [0.2, 0.25) is 0 Å². The van der Waals surface area contributed by atoms with Gasteiger partial charge in [0.25, 0.3) is 0 Å². The van der Waals surface area contributed by atoms with Crippen LogP contribution in [-0.4, -0.2) is 27.0 Å². The van der Waals surface area contributed by atoms with Gasteiger partial charge in [0.15, 0.2) is 0 Å². The summed E-state index contributed by atoms with van der Waals surface area (Å²) in [6.07, 6.45) is 0.303. The molecule has 0 aliphatic rings. The normalized spacial score (nSPS) is 15.5. The summed E-state index contributed by atoms with van der Waals surface area (Å²) in [4.78, 5) is 19.7. The van der Waals surface area contributed by atoms with E-state index in [9.17, 15) is 9.59 Å². The van der Waals surface area contributed by atoms with E-state index in [1.165, 1.54) is 0 Å². The lowest BCUT2D eigenvalue weighted by atomic mass is 10.0. The summed E-state index contributed by atoms with van der Waals surface area (Å²) >= 11 is 2.79. The highest BCUT2D eigenvalue weighted by molar-refractivity contribution is 9.10. The third kappa shape index (κ3) is 2.88. The second-order valence-electron chi connectivity index (χ2n) is 2.09. The van der Waals surface area contributed by atoms with Crippen LogP contribution in [-0.2, 0) is 9.59 Å². The van der Waals surface area contributed by atoms with E-state index in [4.69, 9.17) is 10.2 Å². The van der Waals surface area contributed by atoms with E-state index in [0.717, 1.165) is 0 Å². The fourth-order valence-corrected chi connectivity index (χ4v) is 1.28. The molecule has 0 rings (SSSR count). The van der Waals surface area contributed by atoms with Gasteiger partial charge in [-0.05, 0) is 6.42 Å². The summed E-state index contributed by atoms with van der Waals surface area (Å²) in [5.41, 5.74) is 0. The molecule has 11 heavy (non-hydrogen) atoms. The molecule has 0 unspecified atom stereocenters. The number of carbonyl (C=O) groups is 2. The minimum atomic E-state index is -1.14. The topological polar surface area (TPSA) is 74.6 Å². The standard InChI is InChI=1S/C6H9BrO4/c1-2-3(5(8)9)4(7)6(10)11/h3-4H,2H2,1H3,(H,8,9)(H,10,11)/t3-,4+/m1/s1. The molecule has 0 spiro atoms. The molecule has 0 amide bonds. The first-order chi connectivity index (χ1) is 5.00. The van der Waals surface area contributed by atoms with Crippen molar-refractivity contribution in [1.82, 2.24) is 0 Å². The molecule has 0 heterocycles. The fourth-order valence-electron chi connectivity index (χ4n) is 0.679. The maximum Gasteiger partial charge on any atom is 0.318 e. The molecule has 0 aromatic rings. The summed E-state index contributed by atoms with van der Waals surface area (Å²) in [6.45, 7) is 1.63. The summed E-state index contributed by atoms with van der Waals surface area (Å²) in [6, 6.07) is 0. The van der Waals surface area contributed by atoms with Crippen molar-refractivity contribution < 1.29 is 19.8 Å². The lowest BCUT2D eigenvalue weighted by molar-refractivity contribution is -0.147. The summed E-state index contributed by atoms with van der Waals surface area (Å²) in [7, 11) is 0. The smallest absolute Gasteiger partial charge is 0.318 e. The van der Waals surface area contributed by atoms with E-state index in [-0.39, 0.29) is 0 Å². The molecular formula is C6H9BrO4. The molecule has 0 bridgehead atoms. The lowest BCUT2D eigenvalue weighted by Crippen LogP contribution is -2.29. The monoisotopic (exact) mass is 224 g/mol. The number of carboxylic acids is 2. The number of rotatable bonds is 4. The Morgan fingerprint density at radius 1 is 1.36 bits per heavy atom. The number of hydrogen-bond acceptors (Lipinski definition) is 2. The zero-order valence-corrected chi connectivity index (χ0v) is 7.54. The number of aliphatic carboxylic acids is 2. The van der Waals surface area contributed by atoms with Crippen LogP contribution in [0.4, 0.5) is 0 Å². The fraction of sp³-hybridized carbons (Fsp3) is 0.667. The van der Waals surface area contributed by atoms with Gasteiger partial charge in [-0.2, -0.15) is 0 Å². The Morgan fingerprint density at radius 2 is 1.82 bits per heavy atom. The van der Waals surface area contributed by atoms with Gasteiger partial charge >= 0.3 is 11.9 Å². The van der Waals surface area contributed by atoms with E-state index in [0.29, 0.717) is 6.42 Å². The van der Waals surface area contributed by atoms with Crippen LogP contribution in [0.2, 0.25) is 0 Å². The third-order valence-corrected chi connectivity index (χ3v) is 2.38. The Labute approximate surface area is 72.3 Å². The van der Waals surface area contributed by atoms with Gasteiger partial charge in [-0.15, -0.1) is 0 Å². The quantitative estimate of drug-likeness (QED) is 0.698. The van der Waals surface area contributed by atoms with E-state index in [2.05, 4.69) is 15.9 Å². The molecule has 2 atom stereocenters. The maximum atomic E-state index is 10.4. The first-order valence-corrected chi connectivity index (χ1v) is 4.02. The SMILES string of the molecule is CC[C@@H](C(=O)O)[C@H](Br)C(=O)O. The Kier molecular flexibility index (Phi) is 4.10. The largest absolute Gasteiger partial charge is 0.481 e. The number of carboxylic acid groups (broad SMARTS) is 2. The van der Waals surface area contributed by atoms with Crippen molar-refractivity contribution in [2.24, 2.45) is 5.92 Å². The number of hydrogen-bond donors (Lipinski definition) is 2. The van der Waals surface area contributed by atoms with Crippen molar-refractivity contribution in [3.63, 3.8) is 0 Å². The molecule has 5 heteroatoms. The molecule has 0 aromatic heterocycles. The van der Waals surface area contributed by atoms with Gasteiger partial charge in [0.05, 0.1) is 5.92 Å². The summed E-state index contributed by atoms with van der Waals surface area (Å²) < 4.78 is 0. The molecule has 0 aliphatic heterocycles. The predicted molar refractivity (Wildman–Crippen MR) is 41.8 cm³/mol. The van der Waals surface area contributed by atoms with Gasteiger partial charge in [-0.25, -0.2) is 0 Å². The highest BCUT2D eigenvalue weighted by Gasteiger charge is 2.29. The van der Waals surface area contributed by atoms with Gasteiger partial charge in [-0.1, -0.05) is 22.9 Å². The molecule has 64 valence electrons. The van der Waals surface area contributed by atoms with Crippen molar-refractivity contribution in [3.8, 4) is 0 Å².